The second-order valence-electron chi connectivity index (χ2n) is 9.51. The molecular weight excluding hydrogens is 438 g/mol. The number of hydrogen-bond donors (Lipinski definition) is 0. The van der Waals surface area contributed by atoms with Crippen molar-refractivity contribution in [2.75, 3.05) is 39.5 Å². The van der Waals surface area contributed by atoms with Crippen molar-refractivity contribution >= 4 is 15.9 Å². The molecule has 0 saturated carbocycles. The zero-order chi connectivity index (χ0) is 23.2. The fourth-order valence-corrected chi connectivity index (χ4v) is 6.19. The molecule has 1 atom stereocenters. The van der Waals surface area contributed by atoms with Crippen molar-refractivity contribution < 1.29 is 17.9 Å². The van der Waals surface area contributed by atoms with Crippen molar-refractivity contribution in [3.8, 4) is 5.75 Å². The molecule has 2 aromatic carbocycles. The van der Waals surface area contributed by atoms with Crippen molar-refractivity contribution in [3.05, 3.63) is 64.7 Å². The predicted octanol–water partition coefficient (Wildman–Crippen LogP) is 2.88. The highest BCUT2D eigenvalue weighted by Gasteiger charge is 2.38. The molecule has 5 rings (SSSR count). The van der Waals surface area contributed by atoms with E-state index in [2.05, 4.69) is 29.2 Å². The third-order valence-electron chi connectivity index (χ3n) is 7.27. The topological polar surface area (TPSA) is 70.2 Å². The van der Waals surface area contributed by atoms with Crippen LogP contribution in [0.1, 0.15) is 45.9 Å². The van der Waals surface area contributed by atoms with E-state index in [1.165, 1.54) is 21.7 Å². The highest BCUT2D eigenvalue weighted by Crippen LogP contribution is 2.39. The van der Waals surface area contributed by atoms with Crippen LogP contribution >= 0.6 is 0 Å². The number of rotatable bonds is 6. The highest BCUT2D eigenvalue weighted by atomic mass is 32.2. The predicted molar refractivity (Wildman–Crippen MR) is 126 cm³/mol. The Morgan fingerprint density at radius 2 is 1.67 bits per heavy atom. The van der Waals surface area contributed by atoms with Crippen molar-refractivity contribution in [2.45, 2.75) is 32.0 Å². The number of carbonyl (C=O) groups excluding carboxylic acids is 1. The summed E-state index contributed by atoms with van der Waals surface area (Å²) in [6, 6.07) is 14.4. The average molecular weight is 470 g/mol. The van der Waals surface area contributed by atoms with Crippen LogP contribution in [0.15, 0.2) is 42.5 Å². The van der Waals surface area contributed by atoms with Crippen LogP contribution in [0.25, 0.3) is 0 Å². The number of carbonyl (C=O) groups is 1. The SMILES string of the molecule is CN1C(=O)c2c(OCC3CCN(S(C)(=O)=O)CC3)cccc2C1CN1Cc2ccccc2C1. The molecule has 7 nitrogen and oxygen atoms in total. The summed E-state index contributed by atoms with van der Waals surface area (Å²) in [7, 11) is -1.26. The summed E-state index contributed by atoms with van der Waals surface area (Å²) in [6.45, 7) is 4.16. The monoisotopic (exact) mass is 469 g/mol. The zero-order valence-corrected chi connectivity index (χ0v) is 20.1. The fraction of sp³-hybridized carbons (Fsp3) is 0.480. The van der Waals surface area contributed by atoms with Crippen LogP contribution in [0, 0.1) is 5.92 Å². The van der Waals surface area contributed by atoms with Crippen LogP contribution in [0.3, 0.4) is 0 Å². The Balaban J connectivity index is 1.26. The summed E-state index contributed by atoms with van der Waals surface area (Å²) >= 11 is 0. The first-order chi connectivity index (χ1) is 15.8. The first-order valence-electron chi connectivity index (χ1n) is 11.6. The van der Waals surface area contributed by atoms with Gasteiger partial charge in [0.1, 0.15) is 5.75 Å². The van der Waals surface area contributed by atoms with Gasteiger partial charge < -0.3 is 9.64 Å². The smallest absolute Gasteiger partial charge is 0.258 e. The molecule has 1 fully saturated rings. The standard InChI is InChI=1S/C25H31N3O4S/c1-26-22(16-27-14-19-6-3-4-7-20(19)15-27)21-8-5-9-23(24(21)25(26)29)32-17-18-10-12-28(13-11-18)33(2,30)31/h3-9,18,22H,10-17H2,1-2H3. The van der Waals surface area contributed by atoms with E-state index in [1.807, 2.05) is 30.1 Å². The fourth-order valence-electron chi connectivity index (χ4n) is 5.31. The third-order valence-corrected chi connectivity index (χ3v) is 8.58. The van der Waals surface area contributed by atoms with Gasteiger partial charge in [-0.05, 0) is 41.5 Å². The molecule has 0 N–H and O–H groups in total. The van der Waals surface area contributed by atoms with E-state index < -0.39 is 10.0 Å². The average Bonchev–Trinajstić information content (AvgIpc) is 3.32. The van der Waals surface area contributed by atoms with Crippen LogP contribution in [0.5, 0.6) is 5.75 Å². The number of sulfonamides is 1. The Labute approximate surface area is 196 Å². The van der Waals surface area contributed by atoms with Crippen LogP contribution in [-0.2, 0) is 23.1 Å². The molecule has 2 aromatic rings. The molecule has 8 heteroatoms. The van der Waals surface area contributed by atoms with Gasteiger partial charge in [-0.25, -0.2) is 12.7 Å². The number of likely N-dealkylation sites (N-methyl/N-ethyl adjacent to an activating group) is 1. The minimum atomic E-state index is -3.13. The number of amides is 1. The lowest BCUT2D eigenvalue weighted by Crippen LogP contribution is -2.39. The minimum absolute atomic E-state index is 0.00311. The lowest BCUT2D eigenvalue weighted by molar-refractivity contribution is 0.0734. The Kier molecular flexibility index (Phi) is 5.93. The van der Waals surface area contributed by atoms with Gasteiger partial charge in [-0.1, -0.05) is 36.4 Å². The van der Waals surface area contributed by atoms with Gasteiger partial charge in [-0.2, -0.15) is 0 Å². The normalized spacial score (nSPS) is 21.9. The van der Waals surface area contributed by atoms with Crippen molar-refractivity contribution in [1.29, 1.82) is 0 Å². The van der Waals surface area contributed by atoms with E-state index >= 15 is 0 Å². The summed E-state index contributed by atoms with van der Waals surface area (Å²) in [5.41, 5.74) is 4.44. The largest absolute Gasteiger partial charge is 0.492 e. The summed E-state index contributed by atoms with van der Waals surface area (Å²) < 4.78 is 31.2. The van der Waals surface area contributed by atoms with E-state index in [0.717, 1.165) is 38.0 Å². The van der Waals surface area contributed by atoms with E-state index in [-0.39, 0.29) is 17.9 Å². The number of nitrogens with zero attached hydrogens (tertiary/aromatic N) is 3. The zero-order valence-electron chi connectivity index (χ0n) is 19.2. The van der Waals surface area contributed by atoms with Gasteiger partial charge in [0.05, 0.1) is 24.5 Å². The van der Waals surface area contributed by atoms with Crippen molar-refractivity contribution in [3.63, 3.8) is 0 Å². The maximum Gasteiger partial charge on any atom is 0.258 e. The molecule has 1 unspecified atom stereocenters. The molecule has 176 valence electrons. The van der Waals surface area contributed by atoms with E-state index in [0.29, 0.717) is 31.0 Å². The molecule has 3 aliphatic rings. The minimum Gasteiger partial charge on any atom is -0.492 e. The summed E-state index contributed by atoms with van der Waals surface area (Å²) in [4.78, 5) is 17.4. The maximum atomic E-state index is 13.2. The van der Waals surface area contributed by atoms with Gasteiger partial charge in [-0.3, -0.25) is 9.69 Å². The van der Waals surface area contributed by atoms with Crippen molar-refractivity contribution in [1.82, 2.24) is 14.1 Å². The van der Waals surface area contributed by atoms with Gasteiger partial charge in [-0.15, -0.1) is 0 Å². The number of benzene rings is 2. The third kappa shape index (κ3) is 4.39. The van der Waals surface area contributed by atoms with Crippen LogP contribution < -0.4 is 4.74 Å². The Bertz CT molecular complexity index is 1130. The lowest BCUT2D eigenvalue weighted by Gasteiger charge is -2.30. The van der Waals surface area contributed by atoms with E-state index in [9.17, 15) is 13.2 Å². The molecule has 0 bridgehead atoms. The van der Waals surface area contributed by atoms with Crippen LogP contribution in [0.4, 0.5) is 0 Å². The number of piperidine rings is 1. The second-order valence-corrected chi connectivity index (χ2v) is 11.5. The Morgan fingerprint density at radius 3 is 2.30 bits per heavy atom. The van der Waals surface area contributed by atoms with Gasteiger partial charge >= 0.3 is 0 Å². The Hall–Kier alpha value is -2.42. The van der Waals surface area contributed by atoms with Crippen LogP contribution in [0.2, 0.25) is 0 Å². The van der Waals surface area contributed by atoms with Gasteiger partial charge in [0.15, 0.2) is 0 Å². The van der Waals surface area contributed by atoms with E-state index in [4.69, 9.17) is 4.74 Å². The quantitative estimate of drug-likeness (QED) is 0.651. The first kappa shape index (κ1) is 22.4. The molecule has 0 aliphatic carbocycles. The highest BCUT2D eigenvalue weighted by molar-refractivity contribution is 7.88. The molecule has 1 amide bonds. The maximum absolute atomic E-state index is 13.2. The number of fused-ring (bicyclic) bond motifs is 2. The summed E-state index contributed by atoms with van der Waals surface area (Å²) in [5.74, 6) is 0.934. The molecule has 3 heterocycles. The van der Waals surface area contributed by atoms with Gasteiger partial charge in [0.25, 0.3) is 5.91 Å². The van der Waals surface area contributed by atoms with Gasteiger partial charge in [0, 0.05) is 39.8 Å². The number of ether oxygens (including phenoxy) is 1. The molecule has 0 aromatic heterocycles. The van der Waals surface area contributed by atoms with Gasteiger partial charge in [0.2, 0.25) is 10.0 Å². The molecule has 0 spiro atoms. The first-order valence-corrected chi connectivity index (χ1v) is 13.4. The molecule has 0 radical (unpaired) electrons. The second kappa shape index (κ2) is 8.74. The molecule has 33 heavy (non-hydrogen) atoms. The Morgan fingerprint density at radius 1 is 1.00 bits per heavy atom. The van der Waals surface area contributed by atoms with E-state index in [1.54, 1.807) is 0 Å². The summed E-state index contributed by atoms with van der Waals surface area (Å²) in [6.07, 6.45) is 2.80. The molecule has 1 saturated heterocycles. The van der Waals surface area contributed by atoms with Crippen molar-refractivity contribution in [2.24, 2.45) is 5.92 Å². The molecule has 3 aliphatic heterocycles. The molecular formula is C25H31N3O4S. The number of hydrogen-bond acceptors (Lipinski definition) is 5. The lowest BCUT2D eigenvalue weighted by atomic mass is 9.99. The van der Waals surface area contributed by atoms with Crippen LogP contribution in [-0.4, -0.2) is 68.0 Å². The summed E-state index contributed by atoms with van der Waals surface area (Å²) in [5, 5.41) is 0.